The minimum absolute atomic E-state index is 0.0561. The first-order valence-electron chi connectivity index (χ1n) is 6.41. The van der Waals surface area contributed by atoms with Crippen LogP contribution in [0.2, 0.25) is 0 Å². The summed E-state index contributed by atoms with van der Waals surface area (Å²) in [5.41, 5.74) is 0.277. The summed E-state index contributed by atoms with van der Waals surface area (Å²) in [4.78, 5) is 22.3. The largest absolute Gasteiger partial charge is 0.439 e. The molecule has 0 fully saturated rings. The van der Waals surface area contributed by atoms with Gasteiger partial charge in [0.25, 0.3) is 5.69 Å². The van der Waals surface area contributed by atoms with Crippen molar-refractivity contribution < 1.29 is 23.2 Å². The zero-order chi connectivity index (χ0) is 15.4. The van der Waals surface area contributed by atoms with Crippen molar-refractivity contribution in [1.29, 1.82) is 0 Å². The standard InChI is InChI=1S/C14H13F2NO4/c15-14(16)21-13-7-3-6-12(18)10(13)8-9-4-1-2-5-11(9)17(19)20/h1-2,4-5,14H,3,6-8H2. The van der Waals surface area contributed by atoms with E-state index in [-0.39, 0.29) is 42.1 Å². The number of carbonyl (C=O) groups is 1. The monoisotopic (exact) mass is 297 g/mol. The van der Waals surface area contributed by atoms with Gasteiger partial charge in [-0.25, -0.2) is 0 Å². The van der Waals surface area contributed by atoms with Crippen molar-refractivity contribution in [3.63, 3.8) is 0 Å². The van der Waals surface area contributed by atoms with Gasteiger partial charge in [0.15, 0.2) is 5.78 Å². The maximum Gasteiger partial charge on any atom is 0.387 e. The molecule has 1 aromatic rings. The molecule has 0 radical (unpaired) electrons. The van der Waals surface area contributed by atoms with Crippen LogP contribution < -0.4 is 0 Å². The lowest BCUT2D eigenvalue weighted by atomic mass is 9.91. The number of alkyl halides is 2. The quantitative estimate of drug-likeness (QED) is 0.617. The summed E-state index contributed by atoms with van der Waals surface area (Å²) in [6, 6.07) is 5.93. The number of nitro groups is 1. The topological polar surface area (TPSA) is 69.4 Å². The summed E-state index contributed by atoms with van der Waals surface area (Å²) in [5.74, 6) is -0.352. The van der Waals surface area contributed by atoms with Gasteiger partial charge >= 0.3 is 6.61 Å². The Hall–Kier alpha value is -2.31. The zero-order valence-electron chi connectivity index (χ0n) is 11.1. The zero-order valence-corrected chi connectivity index (χ0v) is 11.1. The van der Waals surface area contributed by atoms with Gasteiger partial charge in [-0.2, -0.15) is 8.78 Å². The van der Waals surface area contributed by atoms with Gasteiger partial charge in [-0.15, -0.1) is 0 Å². The van der Waals surface area contributed by atoms with Crippen molar-refractivity contribution in [3.8, 4) is 0 Å². The summed E-state index contributed by atoms with van der Waals surface area (Å²) in [5, 5.41) is 11.0. The number of rotatable bonds is 5. The number of para-hydroxylation sites is 1. The number of ether oxygens (including phenoxy) is 1. The number of allylic oxidation sites excluding steroid dienone is 2. The number of halogens is 2. The molecule has 0 bridgehead atoms. The first-order valence-corrected chi connectivity index (χ1v) is 6.41. The maximum atomic E-state index is 12.4. The number of Topliss-reactive ketones (excluding diaryl/α,β-unsaturated/α-hetero) is 1. The number of hydrogen-bond donors (Lipinski definition) is 0. The molecule has 0 saturated carbocycles. The summed E-state index contributed by atoms with van der Waals surface area (Å²) >= 11 is 0. The average Bonchev–Trinajstić information content (AvgIpc) is 2.42. The molecule has 0 aromatic heterocycles. The lowest BCUT2D eigenvalue weighted by Gasteiger charge is -2.19. The molecule has 0 N–H and O–H groups in total. The highest BCUT2D eigenvalue weighted by Crippen LogP contribution is 2.29. The fourth-order valence-corrected chi connectivity index (χ4v) is 2.33. The number of ketones is 1. The second-order valence-electron chi connectivity index (χ2n) is 4.62. The highest BCUT2D eigenvalue weighted by molar-refractivity contribution is 5.97. The minimum Gasteiger partial charge on any atom is -0.439 e. The Balaban J connectivity index is 2.36. The normalized spacial score (nSPS) is 15.5. The van der Waals surface area contributed by atoms with Crippen LogP contribution in [0, 0.1) is 10.1 Å². The van der Waals surface area contributed by atoms with Crippen molar-refractivity contribution in [2.24, 2.45) is 0 Å². The van der Waals surface area contributed by atoms with Crippen LogP contribution in [0.1, 0.15) is 24.8 Å². The molecule has 0 spiro atoms. The number of benzene rings is 1. The molecule has 2 rings (SSSR count). The maximum absolute atomic E-state index is 12.4. The summed E-state index contributed by atoms with van der Waals surface area (Å²) in [6.45, 7) is -3.01. The number of nitrogens with zero attached hydrogens (tertiary/aromatic N) is 1. The molecule has 0 atom stereocenters. The van der Waals surface area contributed by atoms with Crippen LogP contribution in [0.5, 0.6) is 0 Å². The molecule has 5 nitrogen and oxygen atoms in total. The van der Waals surface area contributed by atoms with Crippen LogP contribution in [0.4, 0.5) is 14.5 Å². The van der Waals surface area contributed by atoms with Crippen LogP contribution in [0.3, 0.4) is 0 Å². The van der Waals surface area contributed by atoms with Crippen molar-refractivity contribution >= 4 is 11.5 Å². The van der Waals surface area contributed by atoms with E-state index in [0.717, 1.165) is 0 Å². The molecule has 0 amide bonds. The van der Waals surface area contributed by atoms with E-state index in [1.165, 1.54) is 18.2 Å². The van der Waals surface area contributed by atoms with E-state index in [0.29, 0.717) is 12.0 Å². The van der Waals surface area contributed by atoms with E-state index < -0.39 is 11.5 Å². The molecule has 0 aliphatic heterocycles. The number of carbonyl (C=O) groups excluding carboxylic acids is 1. The van der Waals surface area contributed by atoms with E-state index in [1.54, 1.807) is 6.07 Å². The van der Waals surface area contributed by atoms with Gasteiger partial charge in [-0.3, -0.25) is 14.9 Å². The Labute approximate surface area is 119 Å². The molecule has 7 heteroatoms. The third-order valence-electron chi connectivity index (χ3n) is 3.27. The van der Waals surface area contributed by atoms with Crippen molar-refractivity contribution in [1.82, 2.24) is 0 Å². The van der Waals surface area contributed by atoms with E-state index in [2.05, 4.69) is 4.74 Å². The van der Waals surface area contributed by atoms with Gasteiger partial charge in [-0.1, -0.05) is 18.2 Å². The highest BCUT2D eigenvalue weighted by Gasteiger charge is 2.26. The van der Waals surface area contributed by atoms with Gasteiger partial charge in [0.2, 0.25) is 0 Å². The fourth-order valence-electron chi connectivity index (χ4n) is 2.33. The average molecular weight is 297 g/mol. The van der Waals surface area contributed by atoms with Gasteiger partial charge in [-0.05, 0) is 6.42 Å². The molecule has 21 heavy (non-hydrogen) atoms. The van der Waals surface area contributed by atoms with Crippen LogP contribution >= 0.6 is 0 Å². The van der Waals surface area contributed by atoms with E-state index in [1.807, 2.05) is 0 Å². The lowest BCUT2D eigenvalue weighted by Crippen LogP contribution is -2.17. The Morgan fingerprint density at radius 3 is 2.67 bits per heavy atom. The summed E-state index contributed by atoms with van der Waals surface area (Å²) in [7, 11) is 0. The Bertz CT molecular complexity index is 598. The lowest BCUT2D eigenvalue weighted by molar-refractivity contribution is -0.385. The van der Waals surface area contributed by atoms with E-state index in [9.17, 15) is 23.7 Å². The summed E-state index contributed by atoms with van der Waals surface area (Å²) < 4.78 is 29.2. The Morgan fingerprint density at radius 2 is 2.00 bits per heavy atom. The minimum atomic E-state index is -3.01. The van der Waals surface area contributed by atoms with Crippen LogP contribution in [0.15, 0.2) is 35.6 Å². The second kappa shape index (κ2) is 6.43. The van der Waals surface area contributed by atoms with Gasteiger partial charge < -0.3 is 4.74 Å². The number of hydrogen-bond acceptors (Lipinski definition) is 4. The molecule has 0 heterocycles. The molecule has 1 aliphatic carbocycles. The SMILES string of the molecule is O=C1CCCC(OC(F)F)=C1Cc1ccccc1[N+](=O)[O-]. The first kappa shape index (κ1) is 15.1. The van der Waals surface area contributed by atoms with E-state index in [4.69, 9.17) is 0 Å². The van der Waals surface area contributed by atoms with E-state index >= 15 is 0 Å². The van der Waals surface area contributed by atoms with Crippen molar-refractivity contribution in [2.75, 3.05) is 0 Å². The molecule has 0 saturated heterocycles. The van der Waals surface area contributed by atoms with Crippen LogP contribution in [0.25, 0.3) is 0 Å². The van der Waals surface area contributed by atoms with Gasteiger partial charge in [0.1, 0.15) is 5.76 Å². The molecule has 1 aliphatic rings. The van der Waals surface area contributed by atoms with Crippen molar-refractivity contribution in [2.45, 2.75) is 32.3 Å². The smallest absolute Gasteiger partial charge is 0.387 e. The molecule has 112 valence electrons. The number of nitro benzene ring substituents is 1. The molecular formula is C14H13F2NO4. The predicted octanol–water partition coefficient (Wildman–Crippen LogP) is 3.38. The Kier molecular flexibility index (Phi) is 4.62. The third kappa shape index (κ3) is 3.62. The second-order valence-corrected chi connectivity index (χ2v) is 4.62. The van der Waals surface area contributed by atoms with Crippen LogP contribution in [-0.2, 0) is 16.0 Å². The predicted molar refractivity (Wildman–Crippen MR) is 69.8 cm³/mol. The summed E-state index contributed by atoms with van der Waals surface area (Å²) in [6.07, 6.45) is 0.859. The van der Waals surface area contributed by atoms with Crippen LogP contribution in [-0.4, -0.2) is 17.3 Å². The molecular weight excluding hydrogens is 284 g/mol. The molecule has 0 unspecified atom stereocenters. The first-order chi connectivity index (χ1) is 9.99. The highest BCUT2D eigenvalue weighted by atomic mass is 19.3. The van der Waals surface area contributed by atoms with Gasteiger partial charge in [0.05, 0.1) is 4.92 Å². The van der Waals surface area contributed by atoms with Crippen molar-refractivity contribution in [3.05, 3.63) is 51.3 Å². The third-order valence-corrected chi connectivity index (χ3v) is 3.27. The Morgan fingerprint density at radius 1 is 1.29 bits per heavy atom. The fraction of sp³-hybridized carbons (Fsp3) is 0.357. The molecule has 1 aromatic carbocycles. The van der Waals surface area contributed by atoms with Gasteiger partial charge in [0, 0.05) is 36.5 Å².